The summed E-state index contributed by atoms with van der Waals surface area (Å²) in [7, 11) is 1.46. The lowest BCUT2D eigenvalue weighted by atomic mass is 10.0. The predicted octanol–water partition coefficient (Wildman–Crippen LogP) is 3.36. The molecule has 138 valence electrons. The van der Waals surface area contributed by atoms with E-state index in [-0.39, 0.29) is 18.3 Å². The molecule has 0 spiro atoms. The molecule has 2 N–H and O–H groups in total. The van der Waals surface area contributed by atoms with E-state index in [0.717, 1.165) is 11.1 Å². The molecule has 6 heteroatoms. The van der Waals surface area contributed by atoms with Crippen LogP contribution in [-0.2, 0) is 4.79 Å². The number of carbonyl (C=O) groups is 1. The van der Waals surface area contributed by atoms with Gasteiger partial charge in [0.15, 0.2) is 18.1 Å². The lowest BCUT2D eigenvalue weighted by Crippen LogP contribution is -2.24. The van der Waals surface area contributed by atoms with E-state index in [4.69, 9.17) is 9.47 Å². The smallest absolute Gasteiger partial charge is 0.277 e. The number of hydrogen-bond donors (Lipinski definition) is 2. The van der Waals surface area contributed by atoms with Gasteiger partial charge >= 0.3 is 0 Å². The summed E-state index contributed by atoms with van der Waals surface area (Å²) in [6, 6.07) is 10.8. The van der Waals surface area contributed by atoms with Crippen molar-refractivity contribution < 1.29 is 19.4 Å². The van der Waals surface area contributed by atoms with E-state index in [0.29, 0.717) is 23.0 Å². The summed E-state index contributed by atoms with van der Waals surface area (Å²) < 4.78 is 10.6. The Morgan fingerprint density at radius 2 is 2.00 bits per heavy atom. The summed E-state index contributed by atoms with van der Waals surface area (Å²) in [4.78, 5) is 11.9. The number of ether oxygens (including phenoxy) is 2. The molecular formula is C20H24N2O4. The van der Waals surface area contributed by atoms with Gasteiger partial charge in [-0.05, 0) is 53.8 Å². The number of nitrogens with one attached hydrogen (secondary N) is 1. The number of nitrogens with zero attached hydrogens (tertiary/aromatic N) is 1. The van der Waals surface area contributed by atoms with Crippen molar-refractivity contribution >= 4 is 12.1 Å². The normalized spacial score (nSPS) is 11.0. The highest BCUT2D eigenvalue weighted by molar-refractivity contribution is 5.83. The molecule has 0 fully saturated rings. The summed E-state index contributed by atoms with van der Waals surface area (Å²) in [5, 5.41) is 13.4. The van der Waals surface area contributed by atoms with Crippen molar-refractivity contribution in [3.8, 4) is 17.2 Å². The number of amides is 1. The maximum absolute atomic E-state index is 11.9. The minimum Gasteiger partial charge on any atom is -0.504 e. The zero-order valence-electron chi connectivity index (χ0n) is 15.4. The number of hydrogen-bond acceptors (Lipinski definition) is 5. The van der Waals surface area contributed by atoms with Gasteiger partial charge in [0.1, 0.15) is 5.75 Å². The average molecular weight is 356 g/mol. The summed E-state index contributed by atoms with van der Waals surface area (Å²) in [5.41, 5.74) is 5.23. The SMILES string of the molecule is COc1cc(C=NNC(=O)COc2cc(C(C)C)ccc2C)ccc1O. The molecule has 1 amide bonds. The van der Waals surface area contributed by atoms with Crippen LogP contribution in [0, 0.1) is 6.92 Å². The Hall–Kier alpha value is -3.02. The van der Waals surface area contributed by atoms with E-state index >= 15 is 0 Å². The number of phenols is 1. The van der Waals surface area contributed by atoms with E-state index in [1.54, 1.807) is 12.1 Å². The zero-order chi connectivity index (χ0) is 19.1. The molecule has 0 radical (unpaired) electrons. The molecule has 2 aromatic carbocycles. The number of benzene rings is 2. The van der Waals surface area contributed by atoms with Crippen molar-refractivity contribution in [1.82, 2.24) is 5.43 Å². The second-order valence-corrected chi connectivity index (χ2v) is 6.19. The summed E-state index contributed by atoms with van der Waals surface area (Å²) in [6.07, 6.45) is 1.46. The molecule has 0 bridgehead atoms. The van der Waals surface area contributed by atoms with Gasteiger partial charge < -0.3 is 14.6 Å². The first-order chi connectivity index (χ1) is 12.4. The van der Waals surface area contributed by atoms with E-state index in [1.165, 1.54) is 19.4 Å². The third-order valence-corrected chi connectivity index (χ3v) is 3.84. The topological polar surface area (TPSA) is 80.2 Å². The number of methoxy groups -OCH3 is 1. The molecule has 0 saturated heterocycles. The Morgan fingerprint density at radius 1 is 1.23 bits per heavy atom. The third-order valence-electron chi connectivity index (χ3n) is 3.84. The first kappa shape index (κ1) is 19.3. The van der Waals surface area contributed by atoms with Gasteiger partial charge in [-0.2, -0.15) is 5.10 Å². The first-order valence-corrected chi connectivity index (χ1v) is 8.33. The summed E-state index contributed by atoms with van der Waals surface area (Å²) in [6.45, 7) is 6.02. The largest absolute Gasteiger partial charge is 0.504 e. The second-order valence-electron chi connectivity index (χ2n) is 6.19. The van der Waals surface area contributed by atoms with Gasteiger partial charge in [-0.15, -0.1) is 0 Å². The Kier molecular flexibility index (Phi) is 6.60. The van der Waals surface area contributed by atoms with Crippen molar-refractivity contribution in [2.24, 2.45) is 5.10 Å². The van der Waals surface area contributed by atoms with Gasteiger partial charge in [0.2, 0.25) is 0 Å². The van der Waals surface area contributed by atoms with Crippen LogP contribution < -0.4 is 14.9 Å². The van der Waals surface area contributed by atoms with E-state index in [1.807, 2.05) is 19.1 Å². The Morgan fingerprint density at radius 3 is 2.69 bits per heavy atom. The fourth-order valence-corrected chi connectivity index (χ4v) is 2.26. The maximum atomic E-state index is 11.9. The lowest BCUT2D eigenvalue weighted by molar-refractivity contribution is -0.123. The van der Waals surface area contributed by atoms with E-state index < -0.39 is 0 Å². The predicted molar refractivity (Wildman–Crippen MR) is 101 cm³/mol. The fourth-order valence-electron chi connectivity index (χ4n) is 2.26. The van der Waals surface area contributed by atoms with Crippen LogP contribution in [0.15, 0.2) is 41.5 Å². The zero-order valence-corrected chi connectivity index (χ0v) is 15.4. The van der Waals surface area contributed by atoms with Crippen molar-refractivity contribution in [3.63, 3.8) is 0 Å². The minimum absolute atomic E-state index is 0.0427. The molecule has 6 nitrogen and oxygen atoms in total. The van der Waals surface area contributed by atoms with Gasteiger partial charge in [-0.3, -0.25) is 4.79 Å². The fraction of sp³-hybridized carbons (Fsp3) is 0.300. The van der Waals surface area contributed by atoms with Crippen molar-refractivity contribution in [2.45, 2.75) is 26.7 Å². The van der Waals surface area contributed by atoms with Crippen LogP contribution in [0.5, 0.6) is 17.2 Å². The van der Waals surface area contributed by atoms with Crippen LogP contribution in [-0.4, -0.2) is 30.9 Å². The van der Waals surface area contributed by atoms with Crippen molar-refractivity contribution in [3.05, 3.63) is 53.1 Å². The second kappa shape index (κ2) is 8.89. The molecule has 2 rings (SSSR count). The van der Waals surface area contributed by atoms with Crippen LogP contribution in [0.4, 0.5) is 0 Å². The van der Waals surface area contributed by atoms with E-state index in [9.17, 15) is 9.90 Å². The van der Waals surface area contributed by atoms with Gasteiger partial charge in [-0.25, -0.2) is 5.43 Å². The molecule has 0 aliphatic rings. The highest BCUT2D eigenvalue weighted by atomic mass is 16.5. The molecule has 0 unspecified atom stereocenters. The van der Waals surface area contributed by atoms with E-state index in [2.05, 4.69) is 30.4 Å². The Labute approximate surface area is 153 Å². The Balaban J connectivity index is 1.90. The molecule has 0 aliphatic carbocycles. The number of rotatable bonds is 7. The number of carbonyl (C=O) groups excluding carboxylic acids is 1. The van der Waals surface area contributed by atoms with Gasteiger partial charge in [0, 0.05) is 0 Å². The van der Waals surface area contributed by atoms with Gasteiger partial charge in [0.25, 0.3) is 5.91 Å². The minimum atomic E-state index is -0.360. The van der Waals surface area contributed by atoms with Crippen LogP contribution >= 0.6 is 0 Å². The highest BCUT2D eigenvalue weighted by Crippen LogP contribution is 2.25. The quantitative estimate of drug-likeness (QED) is 0.589. The molecule has 0 atom stereocenters. The van der Waals surface area contributed by atoms with Crippen LogP contribution in [0.3, 0.4) is 0 Å². The number of hydrazone groups is 1. The molecule has 0 saturated carbocycles. The molecule has 2 aromatic rings. The van der Waals surface area contributed by atoms with Crippen LogP contribution in [0.25, 0.3) is 0 Å². The summed E-state index contributed by atoms with van der Waals surface area (Å²) in [5.74, 6) is 1.10. The lowest BCUT2D eigenvalue weighted by Gasteiger charge is -2.12. The molecule has 0 aromatic heterocycles. The number of phenolic OH excluding ortho intramolecular Hbond substituents is 1. The molecule has 0 aliphatic heterocycles. The van der Waals surface area contributed by atoms with Gasteiger partial charge in [0.05, 0.1) is 13.3 Å². The van der Waals surface area contributed by atoms with Crippen molar-refractivity contribution in [2.75, 3.05) is 13.7 Å². The average Bonchev–Trinajstić information content (AvgIpc) is 2.62. The van der Waals surface area contributed by atoms with Gasteiger partial charge in [-0.1, -0.05) is 26.0 Å². The third kappa shape index (κ3) is 5.24. The summed E-state index contributed by atoms with van der Waals surface area (Å²) >= 11 is 0. The molecule has 0 heterocycles. The van der Waals surface area contributed by atoms with Crippen LogP contribution in [0.1, 0.15) is 36.5 Å². The molecule has 26 heavy (non-hydrogen) atoms. The standard InChI is InChI=1S/C20H24N2O4/c1-13(2)16-7-5-14(3)18(10-16)26-12-20(24)22-21-11-15-6-8-17(23)19(9-15)25-4/h5-11,13,23H,12H2,1-4H3,(H,22,24). The Bertz CT molecular complexity index is 800. The van der Waals surface area contributed by atoms with Crippen LogP contribution in [0.2, 0.25) is 0 Å². The highest BCUT2D eigenvalue weighted by Gasteiger charge is 2.07. The first-order valence-electron chi connectivity index (χ1n) is 8.33. The number of aryl methyl sites for hydroxylation is 1. The number of aromatic hydroxyl groups is 1. The van der Waals surface area contributed by atoms with Crippen molar-refractivity contribution in [1.29, 1.82) is 0 Å². The molecular weight excluding hydrogens is 332 g/mol. The maximum Gasteiger partial charge on any atom is 0.277 e. The monoisotopic (exact) mass is 356 g/mol.